The van der Waals surface area contributed by atoms with Crippen LogP contribution in [0.25, 0.3) is 5.69 Å². The number of nitrogens with zero attached hydrogens (tertiary/aromatic N) is 4. The Morgan fingerprint density at radius 2 is 1.93 bits per heavy atom. The fourth-order valence-electron chi connectivity index (χ4n) is 2.53. The van der Waals surface area contributed by atoms with Crippen molar-refractivity contribution in [3.8, 4) is 11.8 Å². The maximum atomic E-state index is 13.0. The summed E-state index contributed by atoms with van der Waals surface area (Å²) in [6, 6.07) is 12.4. The minimum atomic E-state index is -4.61. The average molecular weight is 418 g/mol. The predicted octanol–water partition coefficient (Wildman–Crippen LogP) is 4.11. The summed E-state index contributed by atoms with van der Waals surface area (Å²) in [6.07, 6.45) is -3.26. The lowest BCUT2D eigenvalue weighted by Gasteiger charge is -2.13. The number of anilines is 1. The smallest absolute Gasteiger partial charge is 0.383 e. The Hall–Kier alpha value is -3.64. The molecule has 0 aliphatic rings. The van der Waals surface area contributed by atoms with Gasteiger partial charge in [0.05, 0.1) is 11.3 Å². The van der Waals surface area contributed by atoms with E-state index in [9.17, 15) is 23.2 Å². The molecule has 0 bridgehead atoms. The molecule has 1 aromatic heterocycles. The zero-order valence-electron chi connectivity index (χ0n) is 14.5. The summed E-state index contributed by atoms with van der Waals surface area (Å²) < 4.78 is 39.8. The van der Waals surface area contributed by atoms with Crippen molar-refractivity contribution in [2.45, 2.75) is 6.18 Å². The first-order valence-electron chi connectivity index (χ1n) is 8.00. The van der Waals surface area contributed by atoms with E-state index in [1.54, 1.807) is 30.3 Å². The van der Waals surface area contributed by atoms with Crippen molar-refractivity contribution in [3.05, 3.63) is 80.9 Å². The Morgan fingerprint density at radius 1 is 1.21 bits per heavy atom. The van der Waals surface area contributed by atoms with Crippen LogP contribution in [-0.2, 0) is 6.18 Å². The topological polar surface area (TPSA) is 97.1 Å². The standard InChI is InChI=1S/C19H11ClF3N5O/c20-13-5-1-3-11(7-13)10-26-16-15(9-24)27-18(29)28(17(16)25)14-6-2-4-12(8-14)19(21,22)23/h1-8,10H,25H2. The molecular weight excluding hydrogens is 407 g/mol. The van der Waals surface area contributed by atoms with Crippen LogP contribution in [0.15, 0.2) is 58.3 Å². The summed E-state index contributed by atoms with van der Waals surface area (Å²) in [5.41, 5.74) is 3.96. The second-order valence-corrected chi connectivity index (χ2v) is 6.22. The van der Waals surface area contributed by atoms with Crippen LogP contribution < -0.4 is 11.4 Å². The first kappa shape index (κ1) is 20.1. The van der Waals surface area contributed by atoms with Gasteiger partial charge in [-0.05, 0) is 35.9 Å². The van der Waals surface area contributed by atoms with E-state index in [-0.39, 0.29) is 22.9 Å². The molecule has 29 heavy (non-hydrogen) atoms. The molecule has 0 amide bonds. The molecule has 3 rings (SSSR count). The number of aromatic nitrogens is 2. The fourth-order valence-corrected chi connectivity index (χ4v) is 2.73. The molecule has 2 N–H and O–H groups in total. The minimum Gasteiger partial charge on any atom is -0.383 e. The first-order chi connectivity index (χ1) is 13.7. The van der Waals surface area contributed by atoms with Crippen LogP contribution in [0.2, 0.25) is 5.02 Å². The number of hydrogen-bond donors (Lipinski definition) is 1. The molecule has 0 radical (unpaired) electrons. The molecule has 0 aliphatic heterocycles. The summed E-state index contributed by atoms with van der Waals surface area (Å²) in [7, 11) is 0. The highest BCUT2D eigenvalue weighted by atomic mass is 35.5. The Labute approximate surface area is 167 Å². The van der Waals surface area contributed by atoms with Gasteiger partial charge in [-0.1, -0.05) is 29.8 Å². The highest BCUT2D eigenvalue weighted by Crippen LogP contribution is 2.31. The summed E-state index contributed by atoms with van der Waals surface area (Å²) in [5.74, 6) is -0.320. The van der Waals surface area contributed by atoms with Gasteiger partial charge < -0.3 is 5.73 Å². The van der Waals surface area contributed by atoms with Gasteiger partial charge in [0.1, 0.15) is 17.6 Å². The van der Waals surface area contributed by atoms with Crippen LogP contribution in [0.3, 0.4) is 0 Å². The zero-order chi connectivity index (χ0) is 21.2. The zero-order valence-corrected chi connectivity index (χ0v) is 15.2. The van der Waals surface area contributed by atoms with Crippen molar-refractivity contribution in [1.29, 1.82) is 5.26 Å². The van der Waals surface area contributed by atoms with Gasteiger partial charge in [-0.15, -0.1) is 0 Å². The van der Waals surface area contributed by atoms with Crippen molar-refractivity contribution in [2.75, 3.05) is 5.73 Å². The van der Waals surface area contributed by atoms with Crippen LogP contribution >= 0.6 is 11.6 Å². The lowest BCUT2D eigenvalue weighted by molar-refractivity contribution is -0.137. The van der Waals surface area contributed by atoms with Crippen molar-refractivity contribution < 1.29 is 13.2 Å². The van der Waals surface area contributed by atoms with Crippen molar-refractivity contribution in [3.63, 3.8) is 0 Å². The SMILES string of the molecule is N#Cc1nc(=O)n(-c2cccc(C(F)(F)F)c2)c(N)c1N=Cc1cccc(Cl)c1. The van der Waals surface area contributed by atoms with E-state index < -0.39 is 17.4 Å². The third-order valence-electron chi connectivity index (χ3n) is 3.84. The van der Waals surface area contributed by atoms with Crippen LogP contribution in [0.4, 0.5) is 24.7 Å². The number of aliphatic imine (C=N–C) groups is 1. The number of hydrogen-bond acceptors (Lipinski definition) is 5. The molecule has 3 aromatic rings. The minimum absolute atomic E-state index is 0.149. The lowest BCUT2D eigenvalue weighted by atomic mass is 10.2. The quantitative estimate of drug-likeness (QED) is 0.648. The Balaban J connectivity index is 2.17. The van der Waals surface area contributed by atoms with Crippen molar-refractivity contribution in [1.82, 2.24) is 9.55 Å². The first-order valence-corrected chi connectivity index (χ1v) is 8.38. The number of nitrogen functional groups attached to an aromatic ring is 1. The fraction of sp³-hybridized carbons (Fsp3) is 0.0526. The third-order valence-corrected chi connectivity index (χ3v) is 4.07. The van der Waals surface area contributed by atoms with E-state index in [0.717, 1.165) is 22.8 Å². The molecule has 2 aromatic carbocycles. The highest BCUT2D eigenvalue weighted by molar-refractivity contribution is 6.30. The number of benzene rings is 2. The van der Waals surface area contributed by atoms with Gasteiger partial charge in [0, 0.05) is 11.2 Å². The van der Waals surface area contributed by atoms with Crippen LogP contribution in [0.5, 0.6) is 0 Å². The number of nitrogens with two attached hydrogens (primary N) is 1. The Morgan fingerprint density at radius 3 is 2.59 bits per heavy atom. The Kier molecular flexibility index (Phi) is 5.39. The number of alkyl halides is 3. The summed E-state index contributed by atoms with van der Waals surface area (Å²) in [6.45, 7) is 0. The van der Waals surface area contributed by atoms with Gasteiger partial charge in [0.2, 0.25) is 0 Å². The second-order valence-electron chi connectivity index (χ2n) is 5.79. The van der Waals surface area contributed by atoms with Gasteiger partial charge in [-0.2, -0.15) is 23.4 Å². The summed E-state index contributed by atoms with van der Waals surface area (Å²) in [5, 5.41) is 9.71. The monoisotopic (exact) mass is 417 g/mol. The van der Waals surface area contributed by atoms with Crippen LogP contribution in [0.1, 0.15) is 16.8 Å². The largest absolute Gasteiger partial charge is 0.416 e. The number of nitriles is 1. The van der Waals surface area contributed by atoms with Gasteiger partial charge >= 0.3 is 11.9 Å². The molecule has 0 atom stereocenters. The molecule has 1 heterocycles. The van der Waals surface area contributed by atoms with Crippen LogP contribution in [0, 0.1) is 11.3 Å². The van der Waals surface area contributed by atoms with E-state index in [4.69, 9.17) is 17.3 Å². The van der Waals surface area contributed by atoms with Gasteiger partial charge in [-0.3, -0.25) is 0 Å². The molecule has 146 valence electrons. The molecular formula is C19H11ClF3N5O. The highest BCUT2D eigenvalue weighted by Gasteiger charge is 2.31. The average Bonchev–Trinajstić information content (AvgIpc) is 2.66. The van der Waals surface area contributed by atoms with Gasteiger partial charge in [0.15, 0.2) is 5.69 Å². The van der Waals surface area contributed by atoms with Gasteiger partial charge in [0.25, 0.3) is 0 Å². The third kappa shape index (κ3) is 4.28. The van der Waals surface area contributed by atoms with E-state index in [0.29, 0.717) is 10.6 Å². The van der Waals surface area contributed by atoms with Crippen molar-refractivity contribution >= 4 is 29.3 Å². The molecule has 0 fully saturated rings. The summed E-state index contributed by atoms with van der Waals surface area (Å²) >= 11 is 5.91. The molecule has 0 saturated carbocycles. The predicted molar refractivity (Wildman–Crippen MR) is 103 cm³/mol. The van der Waals surface area contributed by atoms with E-state index >= 15 is 0 Å². The molecule has 0 spiro atoms. The maximum Gasteiger partial charge on any atom is 0.416 e. The normalized spacial score (nSPS) is 11.6. The lowest BCUT2D eigenvalue weighted by Crippen LogP contribution is -2.25. The van der Waals surface area contributed by atoms with Crippen molar-refractivity contribution in [2.24, 2.45) is 4.99 Å². The molecule has 6 nitrogen and oxygen atoms in total. The molecule has 10 heteroatoms. The van der Waals surface area contributed by atoms with Gasteiger partial charge in [-0.25, -0.2) is 14.4 Å². The molecule has 0 saturated heterocycles. The second kappa shape index (κ2) is 7.77. The summed E-state index contributed by atoms with van der Waals surface area (Å²) in [4.78, 5) is 20.0. The Bertz CT molecular complexity index is 1210. The van der Waals surface area contributed by atoms with E-state index in [2.05, 4.69) is 9.98 Å². The maximum absolute atomic E-state index is 13.0. The van der Waals surface area contributed by atoms with E-state index in [1.807, 2.05) is 0 Å². The molecule has 0 aliphatic carbocycles. The van der Waals surface area contributed by atoms with E-state index in [1.165, 1.54) is 12.3 Å². The number of halogens is 4. The molecule has 0 unspecified atom stereocenters. The van der Waals surface area contributed by atoms with Crippen LogP contribution in [-0.4, -0.2) is 15.8 Å². The number of rotatable bonds is 3.